The number of carboxylic acid groups (broad SMARTS) is 1. The summed E-state index contributed by atoms with van der Waals surface area (Å²) in [6.45, 7) is 0.634. The number of nitrogens with two attached hydrogens (primary N) is 1. The third kappa shape index (κ3) is 4.18. The summed E-state index contributed by atoms with van der Waals surface area (Å²) in [4.78, 5) is 11.1. The van der Waals surface area contributed by atoms with E-state index in [1.807, 2.05) is 42.5 Å². The second kappa shape index (κ2) is 8.39. The van der Waals surface area contributed by atoms with Crippen molar-refractivity contribution < 1.29 is 23.4 Å². The van der Waals surface area contributed by atoms with Gasteiger partial charge in [0.1, 0.15) is 23.8 Å². The van der Waals surface area contributed by atoms with Crippen LogP contribution >= 0.6 is 0 Å². The average molecular weight is 405 g/mol. The zero-order valence-corrected chi connectivity index (χ0v) is 16.1. The van der Waals surface area contributed by atoms with E-state index in [0.29, 0.717) is 12.3 Å². The number of fused-ring (bicyclic) bond motifs is 1. The van der Waals surface area contributed by atoms with Crippen LogP contribution in [-0.2, 0) is 24.4 Å². The molecule has 0 aliphatic carbocycles. The van der Waals surface area contributed by atoms with Crippen molar-refractivity contribution in [2.75, 3.05) is 0 Å². The van der Waals surface area contributed by atoms with Crippen LogP contribution in [0.2, 0.25) is 0 Å². The van der Waals surface area contributed by atoms with Crippen LogP contribution in [0.5, 0.6) is 5.75 Å². The molecule has 1 aromatic heterocycles. The van der Waals surface area contributed by atoms with Gasteiger partial charge in [-0.25, -0.2) is 4.39 Å². The zero-order valence-electron chi connectivity index (χ0n) is 16.1. The average Bonchev–Trinajstić information content (AvgIpc) is 3.15. The number of aliphatic carboxylic acids is 1. The molecule has 3 N–H and O–H groups in total. The Kier molecular flexibility index (Phi) is 5.50. The van der Waals surface area contributed by atoms with E-state index in [-0.39, 0.29) is 18.6 Å². The van der Waals surface area contributed by atoms with Gasteiger partial charge in [-0.05, 0) is 53.1 Å². The molecule has 0 radical (unpaired) electrons. The third-order valence-corrected chi connectivity index (χ3v) is 4.90. The highest BCUT2D eigenvalue weighted by molar-refractivity contribution is 5.86. The molecule has 0 unspecified atom stereocenters. The van der Waals surface area contributed by atoms with Crippen molar-refractivity contribution in [1.82, 2.24) is 0 Å². The standard InChI is InChI=1S/C24H20FNO4/c25-20-5-7-22(18(9-20)11-24(27)28)29-13-19-14-30-23-6-4-17(10-21(19)23)16-3-1-2-15(8-16)12-26/h1-10,14H,11-13,26H2,(H,27,28). The molecule has 152 valence electrons. The lowest BCUT2D eigenvalue weighted by molar-refractivity contribution is -0.136. The quantitative estimate of drug-likeness (QED) is 0.457. The Morgan fingerprint density at radius 1 is 1.03 bits per heavy atom. The fraction of sp³-hybridized carbons (Fsp3) is 0.125. The lowest BCUT2D eigenvalue weighted by atomic mass is 10.0. The van der Waals surface area contributed by atoms with E-state index in [4.69, 9.17) is 20.0 Å². The first kappa shape index (κ1) is 19.7. The maximum Gasteiger partial charge on any atom is 0.307 e. The predicted octanol–water partition coefficient (Wildman–Crippen LogP) is 4.90. The number of hydrogen-bond donors (Lipinski definition) is 2. The topological polar surface area (TPSA) is 85.7 Å². The maximum atomic E-state index is 13.5. The monoisotopic (exact) mass is 405 g/mol. The van der Waals surface area contributed by atoms with E-state index in [1.165, 1.54) is 18.2 Å². The summed E-state index contributed by atoms with van der Waals surface area (Å²) >= 11 is 0. The van der Waals surface area contributed by atoms with Crippen molar-refractivity contribution in [3.63, 3.8) is 0 Å². The highest BCUT2D eigenvalue weighted by atomic mass is 19.1. The molecule has 0 atom stereocenters. The number of furan rings is 1. The van der Waals surface area contributed by atoms with Gasteiger partial charge in [0.05, 0.1) is 12.7 Å². The van der Waals surface area contributed by atoms with Crippen molar-refractivity contribution in [2.45, 2.75) is 19.6 Å². The van der Waals surface area contributed by atoms with Gasteiger partial charge in [0.2, 0.25) is 0 Å². The summed E-state index contributed by atoms with van der Waals surface area (Å²) in [6, 6.07) is 17.8. The molecule has 6 heteroatoms. The molecule has 1 heterocycles. The van der Waals surface area contributed by atoms with E-state index < -0.39 is 11.8 Å². The van der Waals surface area contributed by atoms with Crippen LogP contribution < -0.4 is 10.5 Å². The number of hydrogen-bond acceptors (Lipinski definition) is 4. The minimum atomic E-state index is -1.05. The Bertz CT molecular complexity index is 1220. The Morgan fingerprint density at radius 3 is 2.67 bits per heavy atom. The molecule has 0 saturated carbocycles. The van der Waals surface area contributed by atoms with Crippen LogP contribution in [0.15, 0.2) is 71.3 Å². The summed E-state index contributed by atoms with van der Waals surface area (Å²) < 4.78 is 25.0. The van der Waals surface area contributed by atoms with Crippen molar-refractivity contribution in [2.24, 2.45) is 5.73 Å². The number of benzene rings is 3. The molecule has 0 amide bonds. The summed E-state index contributed by atoms with van der Waals surface area (Å²) in [5.74, 6) is -1.22. The van der Waals surface area contributed by atoms with Crippen molar-refractivity contribution in [3.05, 3.63) is 89.4 Å². The summed E-state index contributed by atoms with van der Waals surface area (Å²) in [7, 11) is 0. The first-order valence-corrected chi connectivity index (χ1v) is 9.46. The van der Waals surface area contributed by atoms with Gasteiger partial charge in [-0.1, -0.05) is 24.3 Å². The van der Waals surface area contributed by atoms with Crippen molar-refractivity contribution in [3.8, 4) is 16.9 Å². The van der Waals surface area contributed by atoms with Crippen LogP contribution in [0, 0.1) is 5.82 Å². The maximum absolute atomic E-state index is 13.5. The normalized spacial score (nSPS) is 11.0. The Morgan fingerprint density at radius 2 is 1.87 bits per heavy atom. The molecular weight excluding hydrogens is 385 g/mol. The van der Waals surface area contributed by atoms with Gasteiger partial charge >= 0.3 is 5.97 Å². The lowest BCUT2D eigenvalue weighted by Crippen LogP contribution is -2.04. The molecule has 4 aromatic rings. The minimum absolute atomic E-state index is 0.164. The van der Waals surface area contributed by atoms with E-state index >= 15 is 0 Å². The lowest BCUT2D eigenvalue weighted by Gasteiger charge is -2.10. The van der Waals surface area contributed by atoms with Crippen molar-refractivity contribution >= 4 is 16.9 Å². The third-order valence-electron chi connectivity index (χ3n) is 4.90. The van der Waals surface area contributed by atoms with E-state index in [2.05, 4.69) is 0 Å². The van der Waals surface area contributed by atoms with Crippen LogP contribution in [0.3, 0.4) is 0 Å². The highest BCUT2D eigenvalue weighted by Gasteiger charge is 2.13. The molecule has 0 fully saturated rings. The van der Waals surface area contributed by atoms with E-state index in [1.54, 1.807) is 6.26 Å². The molecule has 5 nitrogen and oxygen atoms in total. The van der Waals surface area contributed by atoms with Gasteiger partial charge in [-0.15, -0.1) is 0 Å². The Balaban J connectivity index is 1.62. The zero-order chi connectivity index (χ0) is 21.1. The van der Waals surface area contributed by atoms with Crippen LogP contribution in [-0.4, -0.2) is 11.1 Å². The number of halogens is 1. The molecule has 0 spiro atoms. The molecule has 0 saturated heterocycles. The van der Waals surface area contributed by atoms with E-state index in [9.17, 15) is 9.18 Å². The summed E-state index contributed by atoms with van der Waals surface area (Å²) in [5.41, 5.74) is 10.7. The van der Waals surface area contributed by atoms with Gasteiger partial charge in [-0.2, -0.15) is 0 Å². The van der Waals surface area contributed by atoms with Crippen LogP contribution in [0.1, 0.15) is 16.7 Å². The van der Waals surface area contributed by atoms with Gasteiger partial charge in [-0.3, -0.25) is 4.79 Å². The first-order valence-electron chi connectivity index (χ1n) is 9.46. The van der Waals surface area contributed by atoms with Gasteiger partial charge in [0, 0.05) is 23.1 Å². The molecule has 0 bridgehead atoms. The largest absolute Gasteiger partial charge is 0.488 e. The molecule has 30 heavy (non-hydrogen) atoms. The minimum Gasteiger partial charge on any atom is -0.488 e. The Labute approximate surface area is 172 Å². The van der Waals surface area contributed by atoms with Gasteiger partial charge in [0.25, 0.3) is 0 Å². The molecule has 3 aromatic carbocycles. The molecule has 0 aliphatic rings. The second-order valence-corrected chi connectivity index (χ2v) is 6.99. The first-order chi connectivity index (χ1) is 14.5. The fourth-order valence-electron chi connectivity index (χ4n) is 3.40. The van der Waals surface area contributed by atoms with Gasteiger partial charge in [0.15, 0.2) is 0 Å². The predicted molar refractivity (Wildman–Crippen MR) is 112 cm³/mol. The molecule has 4 rings (SSSR count). The summed E-state index contributed by atoms with van der Waals surface area (Å²) in [6.07, 6.45) is 1.30. The van der Waals surface area contributed by atoms with Crippen LogP contribution in [0.25, 0.3) is 22.1 Å². The van der Waals surface area contributed by atoms with Crippen molar-refractivity contribution in [1.29, 1.82) is 0 Å². The SMILES string of the molecule is NCc1cccc(-c2ccc3occ(COc4ccc(F)cc4CC(=O)O)c3c2)c1. The number of rotatable bonds is 7. The smallest absolute Gasteiger partial charge is 0.307 e. The number of carbonyl (C=O) groups is 1. The second-order valence-electron chi connectivity index (χ2n) is 6.99. The highest BCUT2D eigenvalue weighted by Crippen LogP contribution is 2.30. The number of carboxylic acids is 1. The molecule has 0 aliphatic heterocycles. The summed E-state index contributed by atoms with van der Waals surface area (Å²) in [5, 5.41) is 9.95. The van der Waals surface area contributed by atoms with E-state index in [0.717, 1.165) is 33.2 Å². The fourth-order valence-corrected chi connectivity index (χ4v) is 3.40. The Hall–Kier alpha value is -3.64. The number of ether oxygens (including phenoxy) is 1. The molecular formula is C24H20FNO4. The van der Waals surface area contributed by atoms with Gasteiger partial charge < -0.3 is 20.0 Å². The van der Waals surface area contributed by atoms with Crippen LogP contribution in [0.4, 0.5) is 4.39 Å².